The molecule has 0 aromatic heterocycles. The molecule has 3 fully saturated rings. The third-order valence-electron chi connectivity index (χ3n) is 6.12. The summed E-state index contributed by atoms with van der Waals surface area (Å²) in [7, 11) is 2.07. The normalized spacial score (nSPS) is 24.0. The van der Waals surface area contributed by atoms with Crippen molar-refractivity contribution >= 4 is 17.5 Å². The highest BCUT2D eigenvalue weighted by molar-refractivity contribution is 6.01. The molecule has 160 valence electrons. The maximum absolute atomic E-state index is 14.4. The lowest BCUT2D eigenvalue weighted by Gasteiger charge is -2.34. The molecule has 0 spiro atoms. The summed E-state index contributed by atoms with van der Waals surface area (Å²) >= 11 is 0. The number of hydrogen-bond acceptors (Lipinski definition) is 5. The van der Waals surface area contributed by atoms with E-state index < -0.39 is 11.8 Å². The highest BCUT2D eigenvalue weighted by Gasteiger charge is 2.30. The number of nitrogens with two attached hydrogens (primary N) is 1. The number of likely N-dealkylation sites (N-methyl/N-ethyl adjacent to an activating group) is 1. The van der Waals surface area contributed by atoms with E-state index in [1.54, 1.807) is 6.07 Å². The van der Waals surface area contributed by atoms with Gasteiger partial charge in [-0.25, -0.2) is 4.39 Å². The van der Waals surface area contributed by atoms with Gasteiger partial charge in [-0.1, -0.05) is 25.3 Å². The van der Waals surface area contributed by atoms with Crippen molar-refractivity contribution in [3.63, 3.8) is 0 Å². The van der Waals surface area contributed by atoms with E-state index in [-0.39, 0.29) is 18.1 Å². The number of imide groups is 1. The monoisotopic (exact) mass is 404 g/mol. The van der Waals surface area contributed by atoms with Crippen molar-refractivity contribution < 1.29 is 14.0 Å². The standard InChI is InChI=1S/C16H20FN3O2.C6H13N/c1-19-6-8-20(9-7-19)11-2-3-12(14(17)10-11)13-4-5-15(21)18-16(13)22;7-6-4-2-1-3-5-6/h2-3,10,13H,4-9H2,1H3,(H,18,21,22);6H,1-5,7H2. The smallest absolute Gasteiger partial charge is 0.234 e. The summed E-state index contributed by atoms with van der Waals surface area (Å²) in [6, 6.07) is 5.59. The predicted octanol–water partition coefficient (Wildman–Crippen LogP) is 2.38. The van der Waals surface area contributed by atoms with Gasteiger partial charge in [0.2, 0.25) is 11.8 Å². The second-order valence-electron chi connectivity index (χ2n) is 8.40. The molecule has 1 aliphatic carbocycles. The van der Waals surface area contributed by atoms with Gasteiger partial charge in [0.1, 0.15) is 5.82 Å². The van der Waals surface area contributed by atoms with E-state index in [0.717, 1.165) is 31.9 Å². The van der Waals surface area contributed by atoms with Gasteiger partial charge in [-0.15, -0.1) is 0 Å². The van der Waals surface area contributed by atoms with E-state index in [1.165, 1.54) is 38.2 Å². The Morgan fingerprint density at radius 2 is 1.72 bits per heavy atom. The van der Waals surface area contributed by atoms with Gasteiger partial charge in [0.25, 0.3) is 0 Å². The van der Waals surface area contributed by atoms with Crippen molar-refractivity contribution in [1.29, 1.82) is 0 Å². The number of hydrogen-bond donors (Lipinski definition) is 2. The highest BCUT2D eigenvalue weighted by Crippen LogP contribution is 2.29. The van der Waals surface area contributed by atoms with Gasteiger partial charge in [-0.2, -0.15) is 0 Å². The molecule has 29 heavy (non-hydrogen) atoms. The van der Waals surface area contributed by atoms with Crippen LogP contribution in [0.4, 0.5) is 10.1 Å². The fraction of sp³-hybridized carbons (Fsp3) is 0.636. The first-order valence-electron chi connectivity index (χ1n) is 10.8. The molecule has 6 nitrogen and oxygen atoms in total. The van der Waals surface area contributed by atoms with Crippen molar-refractivity contribution in [1.82, 2.24) is 10.2 Å². The minimum Gasteiger partial charge on any atom is -0.369 e. The summed E-state index contributed by atoms with van der Waals surface area (Å²) in [6.07, 6.45) is 7.29. The third-order valence-corrected chi connectivity index (χ3v) is 6.12. The number of nitrogens with one attached hydrogen (secondary N) is 1. The van der Waals surface area contributed by atoms with Crippen LogP contribution in [0.5, 0.6) is 0 Å². The lowest BCUT2D eigenvalue weighted by Crippen LogP contribution is -2.44. The van der Waals surface area contributed by atoms with Crippen LogP contribution in [-0.2, 0) is 9.59 Å². The Balaban J connectivity index is 0.000000290. The van der Waals surface area contributed by atoms with Gasteiger partial charge in [-0.3, -0.25) is 14.9 Å². The number of rotatable bonds is 2. The molecule has 7 heteroatoms. The molecule has 1 saturated carbocycles. The van der Waals surface area contributed by atoms with Crippen LogP contribution in [-0.4, -0.2) is 56.0 Å². The Morgan fingerprint density at radius 1 is 1.03 bits per heavy atom. The Kier molecular flexibility index (Phi) is 7.61. The number of nitrogens with zero attached hydrogens (tertiary/aromatic N) is 2. The zero-order chi connectivity index (χ0) is 20.8. The van der Waals surface area contributed by atoms with E-state index in [2.05, 4.69) is 22.2 Å². The van der Waals surface area contributed by atoms with Gasteiger partial charge >= 0.3 is 0 Å². The minimum absolute atomic E-state index is 0.260. The summed E-state index contributed by atoms with van der Waals surface area (Å²) in [5, 5.41) is 2.28. The van der Waals surface area contributed by atoms with Gasteiger partial charge in [-0.05, 0) is 38.4 Å². The van der Waals surface area contributed by atoms with Crippen molar-refractivity contribution in [2.45, 2.75) is 56.9 Å². The molecule has 2 heterocycles. The topological polar surface area (TPSA) is 78.7 Å². The Morgan fingerprint density at radius 3 is 2.28 bits per heavy atom. The van der Waals surface area contributed by atoms with Crippen molar-refractivity contribution in [2.75, 3.05) is 38.1 Å². The molecule has 0 bridgehead atoms. The number of halogens is 1. The van der Waals surface area contributed by atoms with Crippen molar-refractivity contribution in [3.8, 4) is 0 Å². The number of carbonyl (C=O) groups is 2. The molecule has 1 unspecified atom stereocenters. The second-order valence-corrected chi connectivity index (χ2v) is 8.40. The largest absolute Gasteiger partial charge is 0.369 e. The van der Waals surface area contributed by atoms with E-state index in [0.29, 0.717) is 18.0 Å². The summed E-state index contributed by atoms with van der Waals surface area (Å²) in [5.74, 6) is -1.62. The van der Waals surface area contributed by atoms with Crippen LogP contribution >= 0.6 is 0 Å². The summed E-state index contributed by atoms with van der Waals surface area (Å²) in [4.78, 5) is 27.4. The number of anilines is 1. The first kappa shape index (κ1) is 21.7. The Hall–Kier alpha value is -1.99. The van der Waals surface area contributed by atoms with E-state index in [9.17, 15) is 14.0 Å². The van der Waals surface area contributed by atoms with Gasteiger partial charge < -0.3 is 15.5 Å². The second kappa shape index (κ2) is 10.2. The molecular formula is C22H33FN4O2. The molecule has 1 atom stereocenters. The number of amides is 2. The van der Waals surface area contributed by atoms with Crippen LogP contribution < -0.4 is 16.0 Å². The van der Waals surface area contributed by atoms with Crippen LogP contribution in [0.3, 0.4) is 0 Å². The zero-order valence-electron chi connectivity index (χ0n) is 17.3. The molecule has 3 N–H and O–H groups in total. The van der Waals surface area contributed by atoms with Crippen LogP contribution in [0.2, 0.25) is 0 Å². The van der Waals surface area contributed by atoms with E-state index in [4.69, 9.17) is 5.73 Å². The SMILES string of the molecule is CN1CCN(c2ccc(C3CCC(=O)NC3=O)c(F)c2)CC1.NC1CCCCC1. The molecule has 2 saturated heterocycles. The Bertz CT molecular complexity index is 713. The van der Waals surface area contributed by atoms with Crippen LogP contribution in [0, 0.1) is 5.82 Å². The van der Waals surface area contributed by atoms with Crippen LogP contribution in [0.1, 0.15) is 56.4 Å². The fourth-order valence-electron chi connectivity index (χ4n) is 4.18. The quantitative estimate of drug-likeness (QED) is 0.740. The maximum atomic E-state index is 14.4. The van der Waals surface area contributed by atoms with Crippen molar-refractivity contribution in [3.05, 3.63) is 29.6 Å². The van der Waals surface area contributed by atoms with Crippen LogP contribution in [0.15, 0.2) is 18.2 Å². The summed E-state index contributed by atoms with van der Waals surface area (Å²) in [5.41, 5.74) is 6.86. The molecule has 1 aromatic carbocycles. The van der Waals surface area contributed by atoms with Gasteiger partial charge in [0, 0.05) is 49.9 Å². The lowest BCUT2D eigenvalue weighted by molar-refractivity contribution is -0.134. The Labute approximate surface area is 172 Å². The first-order chi connectivity index (χ1) is 13.9. The molecule has 2 amide bonds. The maximum Gasteiger partial charge on any atom is 0.234 e. The highest BCUT2D eigenvalue weighted by atomic mass is 19.1. The van der Waals surface area contributed by atoms with E-state index >= 15 is 0 Å². The summed E-state index contributed by atoms with van der Waals surface area (Å²) in [6.45, 7) is 3.65. The average molecular weight is 405 g/mol. The number of carbonyl (C=O) groups excluding carboxylic acids is 2. The number of piperazine rings is 1. The molecule has 1 aromatic rings. The predicted molar refractivity (Wildman–Crippen MR) is 112 cm³/mol. The third kappa shape index (κ3) is 6.00. The van der Waals surface area contributed by atoms with Crippen molar-refractivity contribution in [2.24, 2.45) is 5.73 Å². The average Bonchev–Trinajstić information content (AvgIpc) is 2.70. The molecule has 4 rings (SSSR count). The molecule has 3 aliphatic rings. The zero-order valence-corrected chi connectivity index (χ0v) is 17.3. The number of piperidine rings is 1. The molecular weight excluding hydrogens is 371 g/mol. The molecule has 0 radical (unpaired) electrons. The first-order valence-corrected chi connectivity index (χ1v) is 10.8. The lowest BCUT2D eigenvalue weighted by atomic mass is 9.90. The van der Waals surface area contributed by atoms with Gasteiger partial charge in [0.15, 0.2) is 0 Å². The fourth-order valence-corrected chi connectivity index (χ4v) is 4.18. The van der Waals surface area contributed by atoms with Gasteiger partial charge in [0.05, 0.1) is 5.92 Å². The van der Waals surface area contributed by atoms with Crippen LogP contribution in [0.25, 0.3) is 0 Å². The van der Waals surface area contributed by atoms with E-state index in [1.807, 2.05) is 6.07 Å². The number of benzene rings is 1. The molecule has 2 aliphatic heterocycles. The minimum atomic E-state index is -0.570. The summed E-state index contributed by atoms with van der Waals surface area (Å²) < 4.78 is 14.4.